The number of nitrogens with zero attached hydrogens (tertiary/aromatic N) is 1. The molecular formula is C40H43BrF3N3O5. The number of amides is 2. The molecule has 0 unspecified atom stereocenters. The number of aromatic hydroxyl groups is 1. The summed E-state index contributed by atoms with van der Waals surface area (Å²) in [5.41, 5.74) is 11.5. The summed E-state index contributed by atoms with van der Waals surface area (Å²) in [4.78, 5) is 37.5. The molecule has 1 aliphatic rings. The van der Waals surface area contributed by atoms with E-state index in [9.17, 15) is 27.9 Å². The quantitative estimate of drug-likeness (QED) is 0.116. The van der Waals surface area contributed by atoms with E-state index in [1.54, 1.807) is 12.1 Å². The normalized spacial score (nSPS) is 15.6. The van der Waals surface area contributed by atoms with Gasteiger partial charge in [-0.05, 0) is 121 Å². The van der Waals surface area contributed by atoms with Gasteiger partial charge in [0.2, 0.25) is 5.91 Å². The van der Waals surface area contributed by atoms with E-state index >= 15 is 0 Å². The number of phenols is 1. The molecule has 0 atom stereocenters. The highest BCUT2D eigenvalue weighted by Crippen LogP contribution is 2.28. The third kappa shape index (κ3) is 12.8. The molecule has 4 aromatic rings. The van der Waals surface area contributed by atoms with Crippen molar-refractivity contribution in [3.63, 3.8) is 0 Å². The Morgan fingerprint density at radius 3 is 2.04 bits per heavy atom. The van der Waals surface area contributed by atoms with Crippen LogP contribution >= 0.6 is 15.9 Å². The van der Waals surface area contributed by atoms with Crippen LogP contribution in [0.1, 0.15) is 52.7 Å². The van der Waals surface area contributed by atoms with Crippen molar-refractivity contribution in [1.82, 2.24) is 10.2 Å². The van der Waals surface area contributed by atoms with Gasteiger partial charge < -0.3 is 26.2 Å². The average Bonchev–Trinajstić information content (AvgIpc) is 3.13. The highest BCUT2D eigenvalue weighted by molar-refractivity contribution is 9.10. The van der Waals surface area contributed by atoms with Crippen molar-refractivity contribution in [2.24, 2.45) is 17.6 Å². The van der Waals surface area contributed by atoms with Crippen LogP contribution in [0.4, 0.5) is 13.2 Å². The lowest BCUT2D eigenvalue weighted by molar-refractivity contribution is -0.192. The molecule has 12 heteroatoms. The Hall–Kier alpha value is -4.68. The molecule has 8 nitrogen and oxygen atoms in total. The molecule has 0 heterocycles. The van der Waals surface area contributed by atoms with Gasteiger partial charge >= 0.3 is 12.1 Å². The second-order valence-corrected chi connectivity index (χ2v) is 13.9. The standard InChI is InChI=1S/C38H42BrN3O3.C2HF3O2/c39-35-9-2-4-30(21-35)22-37(44)42(19-18-27-14-16-36(43)17-15-27)26-31-5-1-6-32(20-31)33-7-3-8-34(23-33)38(45)41-25-29-12-10-28(24-40)11-13-29;3-2(4,5)1(6)7/h1-9,14-17,20-21,23,28-29,43H,10-13,18-19,22,24-26,40H2,(H,41,45);(H,6,7). The third-order valence-corrected chi connectivity index (χ3v) is 9.55. The minimum atomic E-state index is -5.08. The third-order valence-electron chi connectivity index (χ3n) is 9.06. The van der Waals surface area contributed by atoms with Gasteiger partial charge in [0.1, 0.15) is 5.75 Å². The van der Waals surface area contributed by atoms with Crippen LogP contribution in [0.2, 0.25) is 0 Å². The molecule has 0 radical (unpaired) electrons. The second-order valence-electron chi connectivity index (χ2n) is 13.0. The topological polar surface area (TPSA) is 133 Å². The first-order valence-corrected chi connectivity index (χ1v) is 17.9. The number of rotatable bonds is 12. The summed E-state index contributed by atoms with van der Waals surface area (Å²) in [6.07, 6.45) is 0.425. The molecule has 0 saturated heterocycles. The molecule has 1 saturated carbocycles. The van der Waals surface area contributed by atoms with Gasteiger partial charge in [-0.1, -0.05) is 70.5 Å². The number of nitrogens with two attached hydrogens (primary N) is 1. The molecule has 5 rings (SSSR count). The number of nitrogens with one attached hydrogen (secondary N) is 1. The Balaban J connectivity index is 0.000000785. The predicted molar refractivity (Wildman–Crippen MR) is 197 cm³/mol. The molecule has 0 aliphatic heterocycles. The summed E-state index contributed by atoms with van der Waals surface area (Å²) in [5, 5.41) is 20.0. The van der Waals surface area contributed by atoms with Gasteiger partial charge in [-0.3, -0.25) is 9.59 Å². The highest BCUT2D eigenvalue weighted by atomic mass is 79.9. The van der Waals surface area contributed by atoms with E-state index in [0.29, 0.717) is 49.9 Å². The first kappa shape index (κ1) is 40.1. The van der Waals surface area contributed by atoms with Crippen LogP contribution in [0.15, 0.2) is 102 Å². The van der Waals surface area contributed by atoms with Crippen molar-refractivity contribution < 1.29 is 37.8 Å². The SMILES string of the molecule is NCC1CCC(CNC(=O)c2cccc(-c3cccc(CN(CCc4ccc(O)cc4)C(=O)Cc4cccc(Br)c4)c3)c2)CC1.O=C(O)C(F)(F)F. The molecule has 1 fully saturated rings. The Kier molecular flexibility index (Phi) is 14.8. The number of carbonyl (C=O) groups is 3. The van der Waals surface area contributed by atoms with Gasteiger partial charge in [-0.15, -0.1) is 0 Å². The molecule has 0 aromatic heterocycles. The van der Waals surface area contributed by atoms with Crippen LogP contribution in [0.3, 0.4) is 0 Å². The van der Waals surface area contributed by atoms with E-state index in [0.717, 1.165) is 64.5 Å². The minimum Gasteiger partial charge on any atom is -0.508 e. The van der Waals surface area contributed by atoms with E-state index in [4.69, 9.17) is 15.6 Å². The average molecular weight is 783 g/mol. The van der Waals surface area contributed by atoms with Crippen LogP contribution in [0.25, 0.3) is 11.1 Å². The maximum absolute atomic E-state index is 13.6. The number of hydrogen-bond acceptors (Lipinski definition) is 5. The molecule has 1 aliphatic carbocycles. The van der Waals surface area contributed by atoms with Gasteiger partial charge in [0.25, 0.3) is 5.91 Å². The van der Waals surface area contributed by atoms with E-state index < -0.39 is 12.1 Å². The van der Waals surface area contributed by atoms with Gasteiger partial charge in [0.15, 0.2) is 0 Å². The number of carboxylic acids is 1. The molecule has 52 heavy (non-hydrogen) atoms. The van der Waals surface area contributed by atoms with Crippen molar-refractivity contribution >= 4 is 33.7 Å². The number of carboxylic acid groups (broad SMARTS) is 1. The molecule has 0 bridgehead atoms. The van der Waals surface area contributed by atoms with Crippen LogP contribution in [-0.2, 0) is 29.0 Å². The fourth-order valence-corrected chi connectivity index (χ4v) is 6.52. The minimum absolute atomic E-state index is 0.0486. The van der Waals surface area contributed by atoms with E-state index in [1.165, 1.54) is 0 Å². The fourth-order valence-electron chi connectivity index (χ4n) is 6.07. The Morgan fingerprint density at radius 1 is 0.808 bits per heavy atom. The lowest BCUT2D eigenvalue weighted by Crippen LogP contribution is -2.33. The lowest BCUT2D eigenvalue weighted by atomic mass is 9.82. The molecule has 276 valence electrons. The van der Waals surface area contributed by atoms with Crippen LogP contribution in [-0.4, -0.2) is 58.7 Å². The van der Waals surface area contributed by atoms with Crippen LogP contribution in [0, 0.1) is 11.8 Å². The number of carbonyl (C=O) groups excluding carboxylic acids is 2. The van der Waals surface area contributed by atoms with Crippen LogP contribution in [0.5, 0.6) is 5.75 Å². The van der Waals surface area contributed by atoms with Crippen molar-refractivity contribution in [3.05, 3.63) is 124 Å². The lowest BCUT2D eigenvalue weighted by Gasteiger charge is -2.27. The largest absolute Gasteiger partial charge is 0.508 e. The summed E-state index contributed by atoms with van der Waals surface area (Å²) >= 11 is 3.51. The first-order chi connectivity index (χ1) is 24.8. The number of alkyl halides is 3. The van der Waals surface area contributed by atoms with Crippen molar-refractivity contribution in [2.45, 2.75) is 51.2 Å². The zero-order chi connectivity index (χ0) is 37.7. The number of aliphatic carboxylic acids is 1. The first-order valence-electron chi connectivity index (χ1n) is 17.1. The summed E-state index contributed by atoms with van der Waals surface area (Å²) in [6.45, 7) is 2.47. The number of phenolic OH excluding ortho intramolecular Hbond substituents is 1. The summed E-state index contributed by atoms with van der Waals surface area (Å²) < 4.78 is 32.7. The zero-order valence-electron chi connectivity index (χ0n) is 28.6. The maximum atomic E-state index is 13.6. The molecule has 2 amide bonds. The smallest absolute Gasteiger partial charge is 0.490 e. The molecule has 0 spiro atoms. The van der Waals surface area contributed by atoms with Gasteiger partial charge in [-0.2, -0.15) is 13.2 Å². The summed E-state index contributed by atoms with van der Waals surface area (Å²) in [7, 11) is 0. The summed E-state index contributed by atoms with van der Waals surface area (Å²) in [6, 6.07) is 30.9. The van der Waals surface area contributed by atoms with E-state index in [-0.39, 0.29) is 17.6 Å². The van der Waals surface area contributed by atoms with Crippen LogP contribution < -0.4 is 11.1 Å². The number of halogens is 4. The Morgan fingerprint density at radius 2 is 1.40 bits per heavy atom. The number of benzene rings is 4. The Bertz CT molecular complexity index is 1790. The van der Waals surface area contributed by atoms with Crippen molar-refractivity contribution in [3.8, 4) is 16.9 Å². The van der Waals surface area contributed by atoms with E-state index in [2.05, 4.69) is 27.3 Å². The second kappa shape index (κ2) is 19.2. The van der Waals surface area contributed by atoms with Gasteiger partial charge in [0, 0.05) is 29.7 Å². The monoisotopic (exact) mass is 781 g/mol. The Labute approximate surface area is 310 Å². The highest BCUT2D eigenvalue weighted by Gasteiger charge is 2.38. The maximum Gasteiger partial charge on any atom is 0.490 e. The van der Waals surface area contributed by atoms with E-state index in [1.807, 2.05) is 83.8 Å². The number of hydrogen-bond donors (Lipinski definition) is 4. The zero-order valence-corrected chi connectivity index (χ0v) is 30.2. The predicted octanol–water partition coefficient (Wildman–Crippen LogP) is 7.76. The van der Waals surface area contributed by atoms with Crippen molar-refractivity contribution in [2.75, 3.05) is 19.6 Å². The molecular weight excluding hydrogens is 739 g/mol. The molecule has 4 aromatic carbocycles. The molecule has 5 N–H and O–H groups in total. The summed E-state index contributed by atoms with van der Waals surface area (Å²) in [5.74, 6) is -1.39. The van der Waals surface area contributed by atoms with Crippen molar-refractivity contribution in [1.29, 1.82) is 0 Å². The fraction of sp³-hybridized carbons (Fsp3) is 0.325. The van der Waals surface area contributed by atoms with Gasteiger partial charge in [-0.25, -0.2) is 4.79 Å². The van der Waals surface area contributed by atoms with Gasteiger partial charge in [0.05, 0.1) is 6.42 Å².